The van der Waals surface area contributed by atoms with Crippen LogP contribution < -0.4 is 14.6 Å². The van der Waals surface area contributed by atoms with Gasteiger partial charge in [-0.25, -0.2) is 22.0 Å². The summed E-state index contributed by atoms with van der Waals surface area (Å²) in [5.41, 5.74) is 0.436. The first-order valence-electron chi connectivity index (χ1n) is 7.45. The minimum absolute atomic E-state index is 0.0351. The number of hydrogen-bond donors (Lipinski definition) is 2. The number of sulfonamides is 2. The van der Waals surface area contributed by atoms with Gasteiger partial charge in [0.05, 0.1) is 30.2 Å². The first-order chi connectivity index (χ1) is 12.6. The van der Waals surface area contributed by atoms with Crippen LogP contribution >= 0.6 is 11.6 Å². The number of aryl methyl sites for hydroxylation is 1. The maximum atomic E-state index is 12.4. The minimum atomic E-state index is -4.23. The van der Waals surface area contributed by atoms with Gasteiger partial charge in [0, 0.05) is 5.02 Å². The summed E-state index contributed by atoms with van der Waals surface area (Å²) in [5, 5.41) is 14.5. The van der Waals surface area contributed by atoms with Gasteiger partial charge in [0.25, 0.3) is 0 Å². The third-order valence-electron chi connectivity index (χ3n) is 3.57. The lowest BCUT2D eigenvalue weighted by atomic mass is 10.1. The van der Waals surface area contributed by atoms with Gasteiger partial charge in [-0.3, -0.25) is 4.72 Å². The zero-order chi connectivity index (χ0) is 20.2. The molecule has 0 radical (unpaired) electrons. The largest absolute Gasteiger partial charge is 0.496 e. The van der Waals surface area contributed by atoms with Gasteiger partial charge >= 0.3 is 0 Å². The second-order valence-corrected chi connectivity index (χ2v) is 9.30. The van der Waals surface area contributed by atoms with Crippen molar-refractivity contribution in [2.45, 2.75) is 11.3 Å². The molecule has 2 aromatic carbocycles. The topological polar surface area (TPSA) is 139 Å². The SMILES string of the molecule is COc1cc(Cl)ccc1CCS(=O)(=O)Nc1ccc(C#N)cc1S(N)(=O)=O. The van der Waals surface area contributed by atoms with Crippen LogP contribution in [-0.4, -0.2) is 29.7 Å². The Labute approximate surface area is 162 Å². The van der Waals surface area contributed by atoms with Crippen molar-refractivity contribution in [1.29, 1.82) is 5.26 Å². The van der Waals surface area contributed by atoms with E-state index >= 15 is 0 Å². The van der Waals surface area contributed by atoms with E-state index in [4.69, 9.17) is 26.7 Å². The lowest BCUT2D eigenvalue weighted by molar-refractivity contribution is 0.410. The third kappa shape index (κ3) is 5.58. The molecule has 0 unspecified atom stereocenters. The molecule has 2 rings (SSSR count). The molecule has 0 aromatic heterocycles. The van der Waals surface area contributed by atoms with Gasteiger partial charge in [-0.15, -0.1) is 0 Å². The Kier molecular flexibility index (Phi) is 6.33. The second kappa shape index (κ2) is 8.14. The molecule has 2 aromatic rings. The maximum absolute atomic E-state index is 12.4. The van der Waals surface area contributed by atoms with E-state index in [0.29, 0.717) is 16.3 Å². The smallest absolute Gasteiger partial charge is 0.240 e. The number of methoxy groups -OCH3 is 1. The van der Waals surface area contributed by atoms with Gasteiger partial charge in [-0.2, -0.15) is 5.26 Å². The average molecular weight is 430 g/mol. The lowest BCUT2D eigenvalue weighted by Crippen LogP contribution is -2.21. The van der Waals surface area contributed by atoms with Crippen molar-refractivity contribution in [3.8, 4) is 11.8 Å². The summed E-state index contributed by atoms with van der Waals surface area (Å²) in [5.74, 6) is 0.107. The predicted octanol–water partition coefficient (Wildman–Crippen LogP) is 1.85. The molecular formula is C16H16ClN3O5S2. The number of nitrogens with zero attached hydrogens (tertiary/aromatic N) is 1. The predicted molar refractivity (Wildman–Crippen MR) is 102 cm³/mol. The van der Waals surface area contributed by atoms with Crippen LogP contribution in [0.4, 0.5) is 5.69 Å². The normalized spacial score (nSPS) is 11.6. The van der Waals surface area contributed by atoms with Crippen molar-refractivity contribution >= 4 is 37.3 Å². The Morgan fingerprint density at radius 2 is 1.89 bits per heavy atom. The van der Waals surface area contributed by atoms with Crippen molar-refractivity contribution < 1.29 is 21.6 Å². The summed E-state index contributed by atoms with van der Waals surface area (Å²) in [6.07, 6.45) is 0.108. The molecule has 0 saturated carbocycles. The number of nitrogens with two attached hydrogens (primary N) is 1. The fourth-order valence-corrected chi connectivity index (χ4v) is 4.35. The van der Waals surface area contributed by atoms with Gasteiger partial charge in [0.2, 0.25) is 20.0 Å². The van der Waals surface area contributed by atoms with E-state index in [9.17, 15) is 16.8 Å². The highest BCUT2D eigenvalue weighted by Crippen LogP contribution is 2.25. The molecule has 3 N–H and O–H groups in total. The summed E-state index contributed by atoms with van der Waals surface area (Å²) < 4.78 is 55.6. The third-order valence-corrected chi connectivity index (χ3v) is 6.03. The van der Waals surface area contributed by atoms with Crippen LogP contribution in [-0.2, 0) is 26.5 Å². The Hall–Kier alpha value is -2.32. The second-order valence-electron chi connectivity index (χ2n) is 5.49. The molecule has 0 aliphatic heterocycles. The number of nitrogens with one attached hydrogen (secondary N) is 1. The lowest BCUT2D eigenvalue weighted by Gasteiger charge is -2.13. The summed E-state index contributed by atoms with van der Waals surface area (Å²) in [7, 11) is -6.70. The van der Waals surface area contributed by atoms with E-state index in [1.807, 2.05) is 0 Å². The number of primary sulfonamides is 1. The number of rotatable bonds is 7. The number of halogens is 1. The molecule has 0 bridgehead atoms. The quantitative estimate of drug-likeness (QED) is 0.688. The van der Waals surface area contributed by atoms with Crippen molar-refractivity contribution in [2.75, 3.05) is 17.6 Å². The first-order valence-corrected chi connectivity index (χ1v) is 11.0. The molecule has 0 saturated heterocycles. The average Bonchev–Trinajstić information content (AvgIpc) is 2.59. The molecule has 11 heteroatoms. The first kappa shape index (κ1) is 21.0. The van der Waals surface area contributed by atoms with Gasteiger partial charge in [-0.05, 0) is 42.3 Å². The standard InChI is InChI=1S/C16H16ClN3O5S2/c1-25-15-9-13(17)4-3-12(15)6-7-26(21,22)20-14-5-2-11(10-18)8-16(14)27(19,23)24/h2-5,8-9,20H,6-7H2,1H3,(H2,19,23,24). The highest BCUT2D eigenvalue weighted by Gasteiger charge is 2.20. The van der Waals surface area contributed by atoms with Crippen LogP contribution in [0.1, 0.15) is 11.1 Å². The fraction of sp³-hybridized carbons (Fsp3) is 0.188. The zero-order valence-corrected chi connectivity index (χ0v) is 16.5. The number of ether oxygens (including phenoxy) is 1. The molecule has 0 atom stereocenters. The Morgan fingerprint density at radius 3 is 2.48 bits per heavy atom. The van der Waals surface area contributed by atoms with Crippen molar-refractivity contribution in [3.63, 3.8) is 0 Å². The van der Waals surface area contributed by atoms with Crippen LogP contribution in [0.2, 0.25) is 5.02 Å². The van der Waals surface area contributed by atoms with Crippen molar-refractivity contribution in [2.24, 2.45) is 5.14 Å². The van der Waals surface area contributed by atoms with Gasteiger partial charge in [-0.1, -0.05) is 17.7 Å². The van der Waals surface area contributed by atoms with Crippen molar-refractivity contribution in [1.82, 2.24) is 0 Å². The van der Waals surface area contributed by atoms with Crippen LogP contribution in [0.15, 0.2) is 41.3 Å². The highest BCUT2D eigenvalue weighted by atomic mass is 35.5. The van der Waals surface area contributed by atoms with Crippen LogP contribution in [0.25, 0.3) is 0 Å². The van der Waals surface area contributed by atoms with E-state index in [1.165, 1.54) is 19.2 Å². The van der Waals surface area contributed by atoms with Gasteiger partial charge in [0.15, 0.2) is 0 Å². The van der Waals surface area contributed by atoms with Crippen LogP contribution in [0.5, 0.6) is 5.75 Å². The van der Waals surface area contributed by atoms with Crippen LogP contribution in [0.3, 0.4) is 0 Å². The fourth-order valence-electron chi connectivity index (χ4n) is 2.30. The molecule has 0 aliphatic carbocycles. The summed E-state index contributed by atoms with van der Waals surface area (Å²) in [4.78, 5) is -0.478. The monoisotopic (exact) mass is 429 g/mol. The minimum Gasteiger partial charge on any atom is -0.496 e. The molecule has 0 heterocycles. The molecule has 0 amide bonds. The highest BCUT2D eigenvalue weighted by molar-refractivity contribution is 7.93. The van der Waals surface area contributed by atoms with Crippen LogP contribution in [0, 0.1) is 11.3 Å². The van der Waals surface area contributed by atoms with E-state index < -0.39 is 24.9 Å². The molecule has 0 fully saturated rings. The van der Waals surface area contributed by atoms with Crippen molar-refractivity contribution in [3.05, 3.63) is 52.5 Å². The maximum Gasteiger partial charge on any atom is 0.240 e. The Bertz CT molecular complexity index is 1110. The Morgan fingerprint density at radius 1 is 1.19 bits per heavy atom. The van der Waals surface area contributed by atoms with E-state index in [0.717, 1.165) is 6.07 Å². The zero-order valence-electron chi connectivity index (χ0n) is 14.1. The summed E-state index contributed by atoms with van der Waals surface area (Å²) >= 11 is 5.88. The molecule has 27 heavy (non-hydrogen) atoms. The molecule has 0 aliphatic rings. The van der Waals surface area contributed by atoms with Gasteiger partial charge in [0.1, 0.15) is 10.6 Å². The molecule has 0 spiro atoms. The van der Waals surface area contributed by atoms with E-state index in [2.05, 4.69) is 4.72 Å². The number of nitriles is 1. The molecule has 8 nitrogen and oxygen atoms in total. The van der Waals surface area contributed by atoms with Gasteiger partial charge < -0.3 is 4.74 Å². The number of benzene rings is 2. The molecular weight excluding hydrogens is 414 g/mol. The summed E-state index contributed by atoms with van der Waals surface area (Å²) in [6, 6.07) is 10.1. The summed E-state index contributed by atoms with van der Waals surface area (Å²) in [6.45, 7) is 0. The number of hydrogen-bond acceptors (Lipinski definition) is 6. The molecule has 144 valence electrons. The number of anilines is 1. The van der Waals surface area contributed by atoms with E-state index in [-0.39, 0.29) is 23.4 Å². The Balaban J connectivity index is 2.26. The van der Waals surface area contributed by atoms with E-state index in [1.54, 1.807) is 24.3 Å².